The smallest absolute Gasteiger partial charge is 0.271 e. The third-order valence-electron chi connectivity index (χ3n) is 4.91. The van der Waals surface area contributed by atoms with Crippen molar-refractivity contribution in [2.45, 2.75) is 12.3 Å². The van der Waals surface area contributed by atoms with Crippen molar-refractivity contribution in [3.63, 3.8) is 0 Å². The fraction of sp³-hybridized carbons (Fsp3) is 0.250. The zero-order valence-corrected chi connectivity index (χ0v) is 15.6. The summed E-state index contributed by atoms with van der Waals surface area (Å²) in [6.45, 7) is 1.41. The number of H-pyrrole nitrogens is 1. The van der Waals surface area contributed by atoms with E-state index in [1.54, 1.807) is 25.6 Å². The van der Waals surface area contributed by atoms with Crippen LogP contribution in [-0.4, -0.2) is 46.2 Å². The first-order chi connectivity index (χ1) is 13.2. The van der Waals surface area contributed by atoms with Gasteiger partial charge in [0, 0.05) is 35.8 Å². The third-order valence-corrected chi connectivity index (χ3v) is 5.16. The van der Waals surface area contributed by atoms with E-state index in [1.807, 2.05) is 35.2 Å². The second-order valence-electron chi connectivity index (χ2n) is 6.53. The van der Waals surface area contributed by atoms with Gasteiger partial charge < -0.3 is 9.64 Å². The number of hydrogen-bond donors (Lipinski definition) is 1. The molecule has 1 N–H and O–H groups in total. The molecule has 0 spiro atoms. The Hall–Kier alpha value is -2.86. The molecule has 2 aromatic heterocycles. The largest absolute Gasteiger partial charge is 0.494 e. The second-order valence-corrected chi connectivity index (χ2v) is 6.97. The highest BCUT2D eigenvalue weighted by atomic mass is 35.5. The van der Waals surface area contributed by atoms with Crippen LogP contribution in [0.5, 0.6) is 5.75 Å². The molecule has 3 aromatic rings. The van der Waals surface area contributed by atoms with Crippen LogP contribution in [0.2, 0.25) is 5.02 Å². The van der Waals surface area contributed by atoms with Crippen molar-refractivity contribution >= 4 is 17.5 Å². The molecule has 0 saturated carbocycles. The number of likely N-dealkylation sites (tertiary alicyclic amines) is 1. The molecule has 138 valence electrons. The number of nitrogens with one attached hydrogen (secondary N) is 1. The molecule has 3 heterocycles. The maximum atomic E-state index is 12.9. The maximum Gasteiger partial charge on any atom is 0.271 e. The van der Waals surface area contributed by atoms with E-state index >= 15 is 0 Å². The molecule has 4 rings (SSSR count). The Morgan fingerprint density at radius 3 is 2.89 bits per heavy atom. The SMILES string of the molecule is COc1cnccc1-c1cc(C(=O)N2CCC(c3ccc(Cl)cc3)C2)[nH]n1. The van der Waals surface area contributed by atoms with Gasteiger partial charge in [0.25, 0.3) is 5.91 Å². The number of halogens is 1. The maximum absolute atomic E-state index is 12.9. The number of pyridine rings is 1. The number of nitrogens with zero attached hydrogens (tertiary/aromatic N) is 3. The molecule has 6 nitrogen and oxygen atoms in total. The van der Waals surface area contributed by atoms with Crippen LogP contribution in [-0.2, 0) is 0 Å². The molecule has 1 aliphatic heterocycles. The summed E-state index contributed by atoms with van der Waals surface area (Å²) in [5.74, 6) is 0.902. The quantitative estimate of drug-likeness (QED) is 0.745. The molecule has 1 aliphatic rings. The van der Waals surface area contributed by atoms with Crippen LogP contribution in [0.15, 0.2) is 48.8 Å². The van der Waals surface area contributed by atoms with Gasteiger partial charge in [0.05, 0.1) is 19.0 Å². The number of benzene rings is 1. The molecular weight excluding hydrogens is 364 g/mol. The topological polar surface area (TPSA) is 71.1 Å². The predicted octanol–water partition coefficient (Wildman–Crippen LogP) is 3.76. The van der Waals surface area contributed by atoms with Crippen molar-refractivity contribution in [2.24, 2.45) is 0 Å². The minimum Gasteiger partial charge on any atom is -0.494 e. The van der Waals surface area contributed by atoms with Crippen LogP contribution in [0.3, 0.4) is 0 Å². The number of carbonyl (C=O) groups excluding carboxylic acids is 1. The summed E-state index contributed by atoms with van der Waals surface area (Å²) in [7, 11) is 1.58. The number of aromatic amines is 1. The molecule has 1 saturated heterocycles. The highest BCUT2D eigenvalue weighted by Crippen LogP contribution is 2.30. The van der Waals surface area contributed by atoms with Crippen LogP contribution in [0, 0.1) is 0 Å². The zero-order valence-electron chi connectivity index (χ0n) is 14.9. The van der Waals surface area contributed by atoms with E-state index in [9.17, 15) is 4.79 Å². The van der Waals surface area contributed by atoms with Gasteiger partial charge in [-0.25, -0.2) is 0 Å². The number of carbonyl (C=O) groups is 1. The number of aromatic nitrogens is 3. The number of amides is 1. The van der Waals surface area contributed by atoms with Gasteiger partial charge in [0.2, 0.25) is 0 Å². The lowest BCUT2D eigenvalue weighted by Gasteiger charge is -2.15. The van der Waals surface area contributed by atoms with Crippen molar-refractivity contribution in [1.82, 2.24) is 20.1 Å². The van der Waals surface area contributed by atoms with Crippen molar-refractivity contribution in [3.05, 3.63) is 65.1 Å². The first-order valence-corrected chi connectivity index (χ1v) is 9.12. The standard InChI is InChI=1S/C20H19ClN4O2/c1-27-19-11-22-8-6-16(19)17-10-18(24-23-17)20(26)25-9-7-14(12-25)13-2-4-15(21)5-3-13/h2-6,8,10-11,14H,7,9,12H2,1H3,(H,23,24). The van der Waals surface area contributed by atoms with E-state index in [2.05, 4.69) is 15.2 Å². The van der Waals surface area contributed by atoms with Gasteiger partial charge in [-0.2, -0.15) is 5.10 Å². The van der Waals surface area contributed by atoms with Crippen LogP contribution in [0.1, 0.15) is 28.4 Å². The van der Waals surface area contributed by atoms with Crippen LogP contribution in [0.25, 0.3) is 11.3 Å². The molecule has 1 atom stereocenters. The van der Waals surface area contributed by atoms with E-state index in [0.717, 1.165) is 23.6 Å². The third kappa shape index (κ3) is 3.53. The van der Waals surface area contributed by atoms with Crippen molar-refractivity contribution < 1.29 is 9.53 Å². The fourth-order valence-corrected chi connectivity index (χ4v) is 3.57. The molecule has 1 unspecified atom stereocenters. The molecule has 1 fully saturated rings. The molecule has 7 heteroatoms. The molecule has 0 bridgehead atoms. The van der Waals surface area contributed by atoms with Gasteiger partial charge in [0.1, 0.15) is 11.4 Å². The summed E-state index contributed by atoms with van der Waals surface area (Å²) >= 11 is 5.96. The lowest BCUT2D eigenvalue weighted by Crippen LogP contribution is -2.28. The first-order valence-electron chi connectivity index (χ1n) is 8.74. The molecular formula is C20H19ClN4O2. The summed E-state index contributed by atoms with van der Waals surface area (Å²) in [5, 5.41) is 7.86. The number of hydrogen-bond acceptors (Lipinski definition) is 4. The minimum absolute atomic E-state index is 0.0433. The minimum atomic E-state index is -0.0433. The van der Waals surface area contributed by atoms with E-state index in [4.69, 9.17) is 16.3 Å². The van der Waals surface area contributed by atoms with Gasteiger partial charge in [-0.15, -0.1) is 0 Å². The molecule has 1 aromatic carbocycles. The Morgan fingerprint density at radius 2 is 2.11 bits per heavy atom. The average Bonchev–Trinajstić information content (AvgIpc) is 3.38. The van der Waals surface area contributed by atoms with Gasteiger partial charge >= 0.3 is 0 Å². The van der Waals surface area contributed by atoms with E-state index in [1.165, 1.54) is 5.56 Å². The van der Waals surface area contributed by atoms with E-state index in [-0.39, 0.29) is 5.91 Å². The Balaban J connectivity index is 1.49. The second kappa shape index (κ2) is 7.40. The monoisotopic (exact) mass is 382 g/mol. The summed E-state index contributed by atoms with van der Waals surface area (Å²) < 4.78 is 5.32. The Kier molecular flexibility index (Phi) is 4.81. The first kappa shape index (κ1) is 17.5. The van der Waals surface area contributed by atoms with E-state index < -0.39 is 0 Å². The highest BCUT2D eigenvalue weighted by Gasteiger charge is 2.29. The normalized spacial score (nSPS) is 16.5. The fourth-order valence-electron chi connectivity index (χ4n) is 3.45. The highest BCUT2D eigenvalue weighted by molar-refractivity contribution is 6.30. The number of methoxy groups -OCH3 is 1. The van der Waals surface area contributed by atoms with Crippen molar-refractivity contribution in [2.75, 3.05) is 20.2 Å². The van der Waals surface area contributed by atoms with Crippen molar-refractivity contribution in [1.29, 1.82) is 0 Å². The molecule has 1 amide bonds. The van der Waals surface area contributed by atoms with Gasteiger partial charge in [-0.3, -0.25) is 14.9 Å². The van der Waals surface area contributed by atoms with Crippen LogP contribution >= 0.6 is 11.6 Å². The Labute approximate surface area is 162 Å². The Morgan fingerprint density at radius 1 is 1.30 bits per heavy atom. The summed E-state index contributed by atoms with van der Waals surface area (Å²) in [6, 6.07) is 11.4. The Bertz CT molecular complexity index is 955. The predicted molar refractivity (Wildman–Crippen MR) is 103 cm³/mol. The summed E-state index contributed by atoms with van der Waals surface area (Å²) in [6.07, 6.45) is 4.24. The number of rotatable bonds is 4. The van der Waals surface area contributed by atoms with Gasteiger partial charge in [0.15, 0.2) is 0 Å². The van der Waals surface area contributed by atoms with Crippen molar-refractivity contribution in [3.8, 4) is 17.0 Å². The van der Waals surface area contributed by atoms with Crippen LogP contribution < -0.4 is 4.74 Å². The molecule has 27 heavy (non-hydrogen) atoms. The summed E-state index contributed by atoms with van der Waals surface area (Å²) in [4.78, 5) is 18.8. The van der Waals surface area contributed by atoms with Gasteiger partial charge in [-0.05, 0) is 36.2 Å². The summed E-state index contributed by atoms with van der Waals surface area (Å²) in [5.41, 5.74) is 3.14. The lowest BCUT2D eigenvalue weighted by atomic mass is 9.99. The lowest BCUT2D eigenvalue weighted by molar-refractivity contribution is 0.0785. The molecule has 0 aliphatic carbocycles. The van der Waals surface area contributed by atoms with E-state index in [0.29, 0.717) is 29.6 Å². The van der Waals surface area contributed by atoms with Gasteiger partial charge in [-0.1, -0.05) is 23.7 Å². The number of ether oxygens (including phenoxy) is 1. The molecule has 0 radical (unpaired) electrons. The zero-order chi connectivity index (χ0) is 18.8. The van der Waals surface area contributed by atoms with Crippen LogP contribution in [0.4, 0.5) is 0 Å². The average molecular weight is 383 g/mol.